The average Bonchev–Trinajstić information content (AvgIpc) is 3.40. The number of benzene rings is 3. The summed E-state index contributed by atoms with van der Waals surface area (Å²) < 4.78 is 10.4. The number of ether oxygens (including phenoxy) is 2. The van der Waals surface area contributed by atoms with E-state index in [0.717, 1.165) is 18.2 Å². The molecule has 1 fully saturated rings. The average molecular weight is 551 g/mol. The van der Waals surface area contributed by atoms with E-state index in [1.54, 1.807) is 25.1 Å². The van der Waals surface area contributed by atoms with Crippen LogP contribution in [-0.2, 0) is 9.47 Å². The quantitative estimate of drug-likeness (QED) is 0.120. The highest BCUT2D eigenvalue weighted by atomic mass is 16.6. The highest BCUT2D eigenvalue weighted by Crippen LogP contribution is 2.35. The molecule has 0 radical (unpaired) electrons. The van der Waals surface area contributed by atoms with Gasteiger partial charge in [-0.05, 0) is 43.3 Å². The van der Waals surface area contributed by atoms with Gasteiger partial charge in [-0.25, -0.2) is 14.7 Å². The van der Waals surface area contributed by atoms with Crippen molar-refractivity contribution in [2.45, 2.75) is 19.1 Å². The molecule has 3 aromatic carbocycles. The number of hydrogen-bond donors (Lipinski definition) is 5. The third-order valence-corrected chi connectivity index (χ3v) is 6.25. The van der Waals surface area contributed by atoms with Crippen LogP contribution in [0.5, 0.6) is 17.2 Å². The Bertz CT molecular complexity index is 1430. The zero-order chi connectivity index (χ0) is 29.0. The predicted molar refractivity (Wildman–Crippen MR) is 138 cm³/mol. The van der Waals surface area contributed by atoms with Gasteiger partial charge in [-0.1, -0.05) is 24.3 Å². The molecule has 208 valence electrons. The van der Waals surface area contributed by atoms with Crippen molar-refractivity contribution >= 4 is 23.6 Å². The molecule has 1 saturated heterocycles. The summed E-state index contributed by atoms with van der Waals surface area (Å²) in [5.41, 5.74) is -1.56. The Hall–Kier alpha value is -4.94. The van der Waals surface area contributed by atoms with Gasteiger partial charge in [0.2, 0.25) is 5.78 Å². The van der Waals surface area contributed by atoms with E-state index in [1.807, 2.05) is 0 Å². The van der Waals surface area contributed by atoms with Gasteiger partial charge < -0.3 is 30.1 Å². The van der Waals surface area contributed by atoms with Crippen LogP contribution >= 0.6 is 0 Å². The van der Waals surface area contributed by atoms with Crippen LogP contribution in [0.4, 0.5) is 0 Å². The zero-order valence-electron chi connectivity index (χ0n) is 21.2. The van der Waals surface area contributed by atoms with Crippen molar-refractivity contribution in [3.63, 3.8) is 0 Å². The first-order chi connectivity index (χ1) is 19.1. The highest BCUT2D eigenvalue weighted by Gasteiger charge is 2.38. The number of phenolic OH excluding ortho intramolecular Hbond substituents is 3. The van der Waals surface area contributed by atoms with Gasteiger partial charge >= 0.3 is 11.9 Å². The highest BCUT2D eigenvalue weighted by molar-refractivity contribution is 6.18. The van der Waals surface area contributed by atoms with Crippen LogP contribution in [0.25, 0.3) is 0 Å². The largest absolute Gasteiger partial charge is 0.507 e. The van der Waals surface area contributed by atoms with E-state index in [2.05, 4.69) is 5.32 Å². The van der Waals surface area contributed by atoms with Gasteiger partial charge in [0.15, 0.2) is 0 Å². The third-order valence-electron chi connectivity index (χ3n) is 6.25. The molecule has 1 amide bonds. The molecule has 0 bridgehead atoms. The summed E-state index contributed by atoms with van der Waals surface area (Å²) >= 11 is 0. The number of nitrogens with one attached hydrogen (secondary N) is 1. The van der Waals surface area contributed by atoms with E-state index in [1.165, 1.54) is 24.3 Å². The summed E-state index contributed by atoms with van der Waals surface area (Å²) in [5, 5.41) is 45.4. The lowest BCUT2D eigenvalue weighted by Gasteiger charge is -2.26. The molecule has 12 nitrogen and oxygen atoms in total. The number of hydrogen-bond acceptors (Lipinski definition) is 11. The normalized spacial score (nSPS) is 16.2. The molecule has 1 heterocycles. The lowest BCUT2D eigenvalue weighted by Crippen LogP contribution is -2.46. The van der Waals surface area contributed by atoms with E-state index in [0.29, 0.717) is 5.06 Å². The summed E-state index contributed by atoms with van der Waals surface area (Å²) in [6.07, 6.45) is -0.982. The van der Waals surface area contributed by atoms with Crippen molar-refractivity contribution in [2.75, 3.05) is 19.7 Å². The van der Waals surface area contributed by atoms with Crippen LogP contribution in [0.15, 0.2) is 60.7 Å². The molecule has 40 heavy (non-hydrogen) atoms. The smallest absolute Gasteiger partial charge is 0.339 e. The van der Waals surface area contributed by atoms with Crippen LogP contribution in [0.3, 0.4) is 0 Å². The molecular weight excluding hydrogens is 524 g/mol. The van der Waals surface area contributed by atoms with E-state index in [9.17, 15) is 39.7 Å². The molecular formula is C28H26N2O10. The van der Waals surface area contributed by atoms with Crippen molar-refractivity contribution in [1.29, 1.82) is 0 Å². The lowest BCUT2D eigenvalue weighted by molar-refractivity contribution is -0.108. The number of carbonyl (C=O) groups is 4. The van der Waals surface area contributed by atoms with Crippen molar-refractivity contribution in [2.24, 2.45) is 0 Å². The maximum atomic E-state index is 13.2. The minimum atomic E-state index is -1.09. The molecule has 3 aromatic rings. The van der Waals surface area contributed by atoms with Gasteiger partial charge in [-0.3, -0.25) is 14.8 Å². The molecule has 0 aromatic heterocycles. The first-order valence-electron chi connectivity index (χ1n) is 12.2. The number of amides is 1. The van der Waals surface area contributed by atoms with E-state index in [-0.39, 0.29) is 36.4 Å². The van der Waals surface area contributed by atoms with Crippen LogP contribution in [0, 0.1) is 0 Å². The van der Waals surface area contributed by atoms with E-state index < -0.39 is 64.2 Å². The van der Waals surface area contributed by atoms with Gasteiger partial charge in [0.05, 0.1) is 23.3 Å². The van der Waals surface area contributed by atoms with Crippen molar-refractivity contribution in [3.8, 4) is 17.2 Å². The van der Waals surface area contributed by atoms with Crippen molar-refractivity contribution < 1.29 is 49.2 Å². The molecule has 0 saturated carbocycles. The van der Waals surface area contributed by atoms with E-state index in [4.69, 9.17) is 9.47 Å². The number of phenols is 3. The molecule has 12 heteroatoms. The second-order valence-electron chi connectivity index (χ2n) is 8.82. The number of aromatic hydroxyl groups is 3. The topological polar surface area (TPSA) is 183 Å². The third kappa shape index (κ3) is 5.58. The SMILES string of the molecule is CCOC(=O)c1cccc(O)c1C(=O)c1c(O)cc(C(=O)OC2CNCC2N(O)C(=O)c2ccccc2)cc1O. The monoisotopic (exact) mass is 550 g/mol. The van der Waals surface area contributed by atoms with Crippen LogP contribution < -0.4 is 5.32 Å². The van der Waals surface area contributed by atoms with Crippen molar-refractivity contribution in [3.05, 3.63) is 88.5 Å². The first-order valence-corrected chi connectivity index (χ1v) is 12.2. The zero-order valence-corrected chi connectivity index (χ0v) is 21.2. The Morgan fingerprint density at radius 2 is 1.52 bits per heavy atom. The second kappa shape index (κ2) is 11.8. The molecule has 0 aliphatic carbocycles. The van der Waals surface area contributed by atoms with Crippen molar-refractivity contribution in [1.82, 2.24) is 10.4 Å². The summed E-state index contributed by atoms with van der Waals surface area (Å²) in [4.78, 5) is 51.0. The Kier molecular flexibility index (Phi) is 8.31. The van der Waals surface area contributed by atoms with Gasteiger partial charge in [-0.2, -0.15) is 0 Å². The van der Waals surface area contributed by atoms with Crippen LogP contribution in [0.2, 0.25) is 0 Å². The number of nitrogens with zero attached hydrogens (tertiary/aromatic N) is 1. The van der Waals surface area contributed by atoms with Crippen LogP contribution in [-0.4, -0.2) is 81.1 Å². The second-order valence-corrected chi connectivity index (χ2v) is 8.82. The van der Waals surface area contributed by atoms with Gasteiger partial charge in [-0.15, -0.1) is 0 Å². The number of esters is 2. The molecule has 2 atom stereocenters. The Balaban J connectivity index is 1.55. The fourth-order valence-corrected chi connectivity index (χ4v) is 4.32. The Morgan fingerprint density at radius 3 is 2.17 bits per heavy atom. The molecule has 1 aliphatic heterocycles. The predicted octanol–water partition coefficient (Wildman–Crippen LogP) is 2.24. The minimum absolute atomic E-state index is 0.00125. The Morgan fingerprint density at radius 1 is 0.850 bits per heavy atom. The number of carbonyl (C=O) groups excluding carboxylic acids is 4. The molecule has 2 unspecified atom stereocenters. The minimum Gasteiger partial charge on any atom is -0.507 e. The Labute approximate surface area is 228 Å². The summed E-state index contributed by atoms with van der Waals surface area (Å²) in [5.74, 6) is -5.93. The van der Waals surface area contributed by atoms with Crippen LogP contribution in [0.1, 0.15) is 53.9 Å². The number of hydroxylamine groups is 2. The fourth-order valence-electron chi connectivity index (χ4n) is 4.32. The molecule has 1 aliphatic rings. The molecule has 4 rings (SSSR count). The maximum Gasteiger partial charge on any atom is 0.339 e. The molecule has 5 N–H and O–H groups in total. The van der Waals surface area contributed by atoms with Gasteiger partial charge in [0.25, 0.3) is 5.91 Å². The lowest BCUT2D eigenvalue weighted by atomic mass is 9.95. The summed E-state index contributed by atoms with van der Waals surface area (Å²) in [7, 11) is 0. The first kappa shape index (κ1) is 28.1. The number of rotatable bonds is 8. The standard InChI is InChI=1S/C28H26N2O10/c1-2-39-28(37)17-9-6-10-19(31)23(17)25(34)24-20(32)11-16(12-21(24)33)27(36)40-22-14-29-13-18(22)30(38)26(35)15-7-4-3-5-8-15/h3-12,18,22,29,31-33,38H,2,13-14H2,1H3. The fraction of sp³-hybridized carbons (Fsp3) is 0.214. The summed E-state index contributed by atoms with van der Waals surface area (Å²) in [6, 6.07) is 12.6. The van der Waals surface area contributed by atoms with Gasteiger partial charge in [0, 0.05) is 18.7 Å². The summed E-state index contributed by atoms with van der Waals surface area (Å²) in [6.45, 7) is 1.79. The van der Waals surface area contributed by atoms with E-state index >= 15 is 0 Å². The number of ketones is 1. The van der Waals surface area contributed by atoms with Gasteiger partial charge in [0.1, 0.15) is 35.0 Å². The maximum absolute atomic E-state index is 13.2. The molecule has 0 spiro atoms.